The van der Waals surface area contributed by atoms with Crippen molar-refractivity contribution in [2.75, 3.05) is 0 Å². The number of rotatable bonds is 4. The summed E-state index contributed by atoms with van der Waals surface area (Å²) < 4.78 is 34.6. The average molecular weight is 474 g/mol. The lowest BCUT2D eigenvalue weighted by Gasteiger charge is -2.40. The first kappa shape index (κ1) is 22.1. The standard InChI is InChI=1S/C27H23NO5S/c1-16-8-11-20(12-9-16)34(31,32)28-15-23-25(14-24(28)17(2)18(3)29)33-27-21-7-5-4-6-19(21)10-13-22(27)26(23)30/h4-13,15,24-25H,2,14H2,1,3H3/t24-,25+/m0/s1. The SMILES string of the molecule is C=C(C(C)=O)[C@@H]1C[C@H]2Oc3c(ccc4ccccc34)C(=O)C2=CN1S(=O)(=O)c1ccc(C)cc1. The molecule has 0 aliphatic carbocycles. The van der Waals surface area contributed by atoms with E-state index in [4.69, 9.17) is 4.74 Å². The molecular formula is C27H23NO5S. The monoisotopic (exact) mass is 473 g/mol. The Morgan fingerprint density at radius 3 is 2.47 bits per heavy atom. The van der Waals surface area contributed by atoms with Crippen LogP contribution in [0.4, 0.5) is 0 Å². The van der Waals surface area contributed by atoms with Crippen molar-refractivity contribution in [3.63, 3.8) is 0 Å². The van der Waals surface area contributed by atoms with Crippen LogP contribution in [0.15, 0.2) is 89.5 Å². The molecule has 0 bridgehead atoms. The van der Waals surface area contributed by atoms with Crippen LogP contribution in [0, 0.1) is 6.92 Å². The van der Waals surface area contributed by atoms with E-state index in [9.17, 15) is 18.0 Å². The number of Topliss-reactive ketones (excluding diaryl/α,β-unsaturated/α-hetero) is 2. The van der Waals surface area contributed by atoms with E-state index in [1.165, 1.54) is 25.3 Å². The summed E-state index contributed by atoms with van der Waals surface area (Å²) in [6.07, 6.45) is 0.725. The normalized spacial score (nSPS) is 19.6. The van der Waals surface area contributed by atoms with Gasteiger partial charge in [0.25, 0.3) is 10.0 Å². The van der Waals surface area contributed by atoms with E-state index in [2.05, 4.69) is 6.58 Å². The Balaban J connectivity index is 1.66. The quantitative estimate of drug-likeness (QED) is 0.518. The lowest BCUT2D eigenvalue weighted by molar-refractivity contribution is -0.114. The maximum absolute atomic E-state index is 13.6. The van der Waals surface area contributed by atoms with Crippen molar-refractivity contribution in [1.29, 1.82) is 0 Å². The molecule has 0 aromatic heterocycles. The number of benzene rings is 3. The molecule has 2 aliphatic heterocycles. The third-order valence-corrected chi connectivity index (χ3v) is 8.24. The number of ether oxygens (including phenoxy) is 1. The first-order chi connectivity index (χ1) is 16.2. The maximum atomic E-state index is 13.6. The molecule has 2 aliphatic rings. The Morgan fingerprint density at radius 1 is 1.06 bits per heavy atom. The summed E-state index contributed by atoms with van der Waals surface area (Å²) >= 11 is 0. The van der Waals surface area contributed by atoms with Crippen LogP contribution in [-0.4, -0.2) is 36.4 Å². The van der Waals surface area contributed by atoms with Gasteiger partial charge in [0.15, 0.2) is 11.6 Å². The van der Waals surface area contributed by atoms with Crippen molar-refractivity contribution >= 4 is 32.4 Å². The van der Waals surface area contributed by atoms with Crippen LogP contribution in [0.3, 0.4) is 0 Å². The predicted octanol–water partition coefficient (Wildman–Crippen LogP) is 4.58. The van der Waals surface area contributed by atoms with Crippen molar-refractivity contribution < 1.29 is 22.7 Å². The Bertz CT molecular complexity index is 1500. The highest BCUT2D eigenvalue weighted by Crippen LogP contribution is 2.42. The molecule has 6 nitrogen and oxygen atoms in total. The van der Waals surface area contributed by atoms with Gasteiger partial charge in [0, 0.05) is 23.6 Å². The highest BCUT2D eigenvalue weighted by molar-refractivity contribution is 7.89. The molecule has 0 radical (unpaired) electrons. The summed E-state index contributed by atoms with van der Waals surface area (Å²) in [5, 5.41) is 1.75. The van der Waals surface area contributed by atoms with Crippen LogP contribution in [0.2, 0.25) is 0 Å². The fraction of sp³-hybridized carbons (Fsp3) is 0.185. The van der Waals surface area contributed by atoms with Gasteiger partial charge in [-0.15, -0.1) is 0 Å². The molecule has 2 atom stereocenters. The van der Waals surface area contributed by atoms with Gasteiger partial charge in [-0.2, -0.15) is 0 Å². The van der Waals surface area contributed by atoms with Gasteiger partial charge in [0.1, 0.15) is 11.9 Å². The van der Waals surface area contributed by atoms with Gasteiger partial charge in [0.05, 0.1) is 22.1 Å². The van der Waals surface area contributed by atoms with Crippen molar-refractivity contribution in [2.24, 2.45) is 0 Å². The van der Waals surface area contributed by atoms with E-state index < -0.39 is 22.2 Å². The zero-order valence-electron chi connectivity index (χ0n) is 18.8. The fourth-order valence-corrected chi connectivity index (χ4v) is 6.03. The number of carbonyl (C=O) groups excluding carboxylic acids is 2. The molecule has 3 aromatic carbocycles. The van der Waals surface area contributed by atoms with E-state index in [0.29, 0.717) is 11.3 Å². The van der Waals surface area contributed by atoms with E-state index in [-0.39, 0.29) is 34.0 Å². The lowest BCUT2D eigenvalue weighted by Crippen LogP contribution is -2.48. The van der Waals surface area contributed by atoms with Crippen molar-refractivity contribution in [1.82, 2.24) is 4.31 Å². The third-order valence-electron chi connectivity index (χ3n) is 6.46. The van der Waals surface area contributed by atoms with E-state index >= 15 is 0 Å². The molecular weight excluding hydrogens is 450 g/mol. The number of nitrogens with zero attached hydrogens (tertiary/aromatic N) is 1. The minimum absolute atomic E-state index is 0.0744. The largest absolute Gasteiger partial charge is 0.484 e. The molecule has 2 heterocycles. The summed E-state index contributed by atoms with van der Waals surface area (Å²) in [5.41, 5.74) is 1.69. The number of ketones is 2. The van der Waals surface area contributed by atoms with Crippen LogP contribution < -0.4 is 4.74 Å². The van der Waals surface area contributed by atoms with Gasteiger partial charge in [-0.3, -0.25) is 13.9 Å². The number of hydrogen-bond donors (Lipinski definition) is 0. The van der Waals surface area contributed by atoms with E-state index in [1.54, 1.807) is 18.2 Å². The van der Waals surface area contributed by atoms with Crippen LogP contribution in [0.25, 0.3) is 10.8 Å². The molecule has 0 saturated heterocycles. The van der Waals surface area contributed by atoms with E-state index in [0.717, 1.165) is 20.6 Å². The zero-order chi connectivity index (χ0) is 24.2. The number of aryl methyl sites for hydroxylation is 1. The summed E-state index contributed by atoms with van der Waals surface area (Å²) in [7, 11) is -4.06. The van der Waals surface area contributed by atoms with Gasteiger partial charge >= 0.3 is 0 Å². The predicted molar refractivity (Wildman–Crippen MR) is 129 cm³/mol. The molecule has 0 amide bonds. The summed E-state index contributed by atoms with van der Waals surface area (Å²) in [6, 6.07) is 16.7. The van der Waals surface area contributed by atoms with Gasteiger partial charge in [-0.1, -0.05) is 54.6 Å². The highest BCUT2D eigenvalue weighted by Gasteiger charge is 2.44. The van der Waals surface area contributed by atoms with Gasteiger partial charge in [0.2, 0.25) is 0 Å². The summed E-state index contributed by atoms with van der Waals surface area (Å²) in [4.78, 5) is 25.8. The van der Waals surface area contributed by atoms with Gasteiger partial charge in [-0.05, 0) is 37.4 Å². The number of hydrogen-bond acceptors (Lipinski definition) is 5. The molecule has 0 fully saturated rings. The highest BCUT2D eigenvalue weighted by atomic mass is 32.2. The molecule has 5 rings (SSSR count). The Morgan fingerprint density at radius 2 is 1.76 bits per heavy atom. The summed E-state index contributed by atoms with van der Waals surface area (Å²) in [5.74, 6) is -0.126. The minimum Gasteiger partial charge on any atom is -0.484 e. The molecule has 172 valence electrons. The van der Waals surface area contributed by atoms with Crippen molar-refractivity contribution in [2.45, 2.75) is 37.3 Å². The first-order valence-electron chi connectivity index (χ1n) is 10.9. The fourth-order valence-electron chi connectivity index (χ4n) is 4.51. The van der Waals surface area contributed by atoms with Crippen molar-refractivity contribution in [3.8, 4) is 5.75 Å². The molecule has 7 heteroatoms. The van der Waals surface area contributed by atoms with Crippen LogP contribution in [-0.2, 0) is 14.8 Å². The molecule has 0 saturated carbocycles. The van der Waals surface area contributed by atoms with Gasteiger partial charge in [-0.25, -0.2) is 8.42 Å². The lowest BCUT2D eigenvalue weighted by atomic mass is 9.86. The minimum atomic E-state index is -4.06. The number of sulfonamides is 1. The van der Waals surface area contributed by atoms with Crippen molar-refractivity contribution in [3.05, 3.63) is 95.7 Å². The maximum Gasteiger partial charge on any atom is 0.264 e. The Hall–Kier alpha value is -3.71. The molecule has 3 aromatic rings. The molecule has 34 heavy (non-hydrogen) atoms. The van der Waals surface area contributed by atoms with Gasteiger partial charge < -0.3 is 4.74 Å². The average Bonchev–Trinajstić information content (AvgIpc) is 2.83. The van der Waals surface area contributed by atoms with Crippen LogP contribution in [0.5, 0.6) is 5.75 Å². The first-order valence-corrected chi connectivity index (χ1v) is 12.4. The molecule has 0 spiro atoms. The second kappa shape index (κ2) is 7.95. The van der Waals surface area contributed by atoms with Crippen LogP contribution >= 0.6 is 0 Å². The zero-order valence-corrected chi connectivity index (χ0v) is 19.6. The number of fused-ring (bicyclic) bond motifs is 4. The molecule has 0 N–H and O–H groups in total. The second-order valence-corrected chi connectivity index (χ2v) is 10.5. The topological polar surface area (TPSA) is 80.8 Å². The smallest absolute Gasteiger partial charge is 0.264 e. The third kappa shape index (κ3) is 3.44. The van der Waals surface area contributed by atoms with Crippen LogP contribution in [0.1, 0.15) is 29.3 Å². The molecule has 0 unspecified atom stereocenters. The summed E-state index contributed by atoms with van der Waals surface area (Å²) in [6.45, 7) is 7.09. The number of carbonyl (C=O) groups is 2. The van der Waals surface area contributed by atoms with E-state index in [1.807, 2.05) is 37.3 Å². The Kier molecular flexibility index (Phi) is 5.17. The Labute approximate surface area is 198 Å². The second-order valence-electron chi connectivity index (χ2n) is 8.66.